The summed E-state index contributed by atoms with van der Waals surface area (Å²) < 4.78 is 0. The van der Waals surface area contributed by atoms with Crippen LogP contribution in [-0.4, -0.2) is 16.9 Å². The van der Waals surface area contributed by atoms with Crippen LogP contribution in [0.1, 0.15) is 71.6 Å². The highest BCUT2D eigenvalue weighted by Crippen LogP contribution is 2.65. The van der Waals surface area contributed by atoms with Crippen molar-refractivity contribution in [1.29, 1.82) is 0 Å². The fourth-order valence-corrected chi connectivity index (χ4v) is 7.24. The Morgan fingerprint density at radius 1 is 1.05 bits per heavy atom. The SMILES string of the molecule is C[C@]12CCC3C(CC[C@H]4CC(O)CC[C@]34C)C1CCC2=NN. The normalized spacial score (nSPS) is 56.3. The fourth-order valence-electron chi connectivity index (χ4n) is 7.24. The number of nitrogens with two attached hydrogens (primary N) is 1. The molecule has 0 aliphatic heterocycles. The van der Waals surface area contributed by atoms with Gasteiger partial charge in [0, 0.05) is 11.1 Å². The first-order valence-electron chi connectivity index (χ1n) is 9.44. The van der Waals surface area contributed by atoms with Gasteiger partial charge in [-0.15, -0.1) is 0 Å². The topological polar surface area (TPSA) is 58.6 Å². The number of hydrogen-bond donors (Lipinski definition) is 2. The number of nitrogens with zero attached hydrogens (tertiary/aromatic N) is 1. The zero-order valence-corrected chi connectivity index (χ0v) is 14.2. The summed E-state index contributed by atoms with van der Waals surface area (Å²) in [5.41, 5.74) is 2.06. The molecule has 4 aliphatic rings. The number of hydrazone groups is 1. The van der Waals surface area contributed by atoms with Crippen LogP contribution in [0.25, 0.3) is 0 Å². The second-order valence-electron chi connectivity index (χ2n) is 9.16. The summed E-state index contributed by atoms with van der Waals surface area (Å²) in [4.78, 5) is 0. The second kappa shape index (κ2) is 4.96. The van der Waals surface area contributed by atoms with Gasteiger partial charge in [0.1, 0.15) is 0 Å². The van der Waals surface area contributed by atoms with Crippen LogP contribution in [0.15, 0.2) is 5.10 Å². The van der Waals surface area contributed by atoms with E-state index in [-0.39, 0.29) is 11.5 Å². The molecule has 3 N–H and O–H groups in total. The van der Waals surface area contributed by atoms with E-state index in [2.05, 4.69) is 18.9 Å². The van der Waals surface area contributed by atoms with Crippen molar-refractivity contribution in [3.63, 3.8) is 0 Å². The summed E-state index contributed by atoms with van der Waals surface area (Å²) in [6.07, 6.45) is 11.0. The third-order valence-electron chi connectivity index (χ3n) is 8.53. The first kappa shape index (κ1) is 15.0. The van der Waals surface area contributed by atoms with Crippen molar-refractivity contribution in [3.8, 4) is 0 Å². The van der Waals surface area contributed by atoms with Crippen molar-refractivity contribution < 1.29 is 5.11 Å². The summed E-state index contributed by atoms with van der Waals surface area (Å²) in [5.74, 6) is 9.00. The summed E-state index contributed by atoms with van der Waals surface area (Å²) in [5, 5.41) is 14.3. The number of rotatable bonds is 0. The molecule has 4 rings (SSSR count). The zero-order chi connectivity index (χ0) is 15.5. The molecule has 3 heteroatoms. The largest absolute Gasteiger partial charge is 0.393 e. The number of hydrogen-bond acceptors (Lipinski definition) is 3. The highest BCUT2D eigenvalue weighted by molar-refractivity contribution is 5.92. The Morgan fingerprint density at radius 2 is 1.86 bits per heavy atom. The van der Waals surface area contributed by atoms with Gasteiger partial charge in [0.2, 0.25) is 0 Å². The van der Waals surface area contributed by atoms with E-state index in [1.807, 2.05) is 0 Å². The minimum Gasteiger partial charge on any atom is -0.393 e. The van der Waals surface area contributed by atoms with Crippen LogP contribution in [0.4, 0.5) is 0 Å². The van der Waals surface area contributed by atoms with E-state index in [0.29, 0.717) is 5.41 Å². The predicted molar refractivity (Wildman–Crippen MR) is 89.4 cm³/mol. The monoisotopic (exact) mass is 304 g/mol. The molecule has 0 aromatic heterocycles. The maximum absolute atomic E-state index is 10.1. The van der Waals surface area contributed by atoms with E-state index in [4.69, 9.17) is 5.84 Å². The molecule has 22 heavy (non-hydrogen) atoms. The maximum Gasteiger partial charge on any atom is 0.0543 e. The van der Waals surface area contributed by atoms with Gasteiger partial charge in [-0.25, -0.2) is 0 Å². The molecule has 0 aromatic rings. The molecule has 0 heterocycles. The van der Waals surface area contributed by atoms with E-state index in [0.717, 1.165) is 42.9 Å². The van der Waals surface area contributed by atoms with Gasteiger partial charge in [-0.2, -0.15) is 5.10 Å². The van der Waals surface area contributed by atoms with Gasteiger partial charge in [0.25, 0.3) is 0 Å². The minimum atomic E-state index is -0.0362. The third-order valence-corrected chi connectivity index (χ3v) is 8.53. The van der Waals surface area contributed by atoms with Gasteiger partial charge in [-0.3, -0.25) is 0 Å². The summed E-state index contributed by atoms with van der Waals surface area (Å²) in [6, 6.07) is 0. The van der Waals surface area contributed by atoms with E-state index in [1.165, 1.54) is 44.2 Å². The van der Waals surface area contributed by atoms with Crippen LogP contribution in [0, 0.1) is 34.5 Å². The average Bonchev–Trinajstić information content (AvgIpc) is 2.84. The van der Waals surface area contributed by atoms with E-state index in [9.17, 15) is 5.11 Å². The minimum absolute atomic E-state index is 0.0362. The van der Waals surface area contributed by atoms with E-state index in [1.54, 1.807) is 0 Å². The molecule has 124 valence electrons. The van der Waals surface area contributed by atoms with Crippen LogP contribution in [0.3, 0.4) is 0 Å². The Kier molecular flexibility index (Phi) is 3.38. The smallest absolute Gasteiger partial charge is 0.0543 e. The van der Waals surface area contributed by atoms with Crippen molar-refractivity contribution in [2.75, 3.05) is 0 Å². The molecule has 0 amide bonds. The van der Waals surface area contributed by atoms with Crippen LogP contribution >= 0.6 is 0 Å². The van der Waals surface area contributed by atoms with Gasteiger partial charge in [0.15, 0.2) is 0 Å². The van der Waals surface area contributed by atoms with Crippen molar-refractivity contribution in [1.82, 2.24) is 0 Å². The van der Waals surface area contributed by atoms with Crippen LogP contribution in [-0.2, 0) is 0 Å². The van der Waals surface area contributed by atoms with Gasteiger partial charge in [0.05, 0.1) is 6.10 Å². The summed E-state index contributed by atoms with van der Waals surface area (Å²) in [6.45, 7) is 4.99. The van der Waals surface area contributed by atoms with Gasteiger partial charge in [-0.05, 0) is 86.9 Å². The van der Waals surface area contributed by atoms with E-state index < -0.39 is 0 Å². The second-order valence-corrected chi connectivity index (χ2v) is 9.16. The Balaban J connectivity index is 1.63. The number of aliphatic hydroxyl groups is 1. The van der Waals surface area contributed by atoms with Gasteiger partial charge >= 0.3 is 0 Å². The molecule has 3 nitrogen and oxygen atoms in total. The fraction of sp³-hybridized carbons (Fsp3) is 0.947. The number of fused-ring (bicyclic) bond motifs is 5. The Bertz CT molecular complexity index is 490. The highest BCUT2D eigenvalue weighted by Gasteiger charge is 2.59. The molecule has 4 saturated carbocycles. The highest BCUT2D eigenvalue weighted by atomic mass is 16.3. The van der Waals surface area contributed by atoms with Crippen molar-refractivity contribution in [2.24, 2.45) is 45.4 Å². The molecule has 7 atom stereocenters. The summed E-state index contributed by atoms with van der Waals surface area (Å²) >= 11 is 0. The maximum atomic E-state index is 10.1. The van der Waals surface area contributed by atoms with Crippen molar-refractivity contribution in [2.45, 2.75) is 77.7 Å². The molecule has 4 fully saturated rings. The lowest BCUT2D eigenvalue weighted by Gasteiger charge is -2.60. The molecule has 4 unspecified atom stereocenters. The quantitative estimate of drug-likeness (QED) is 0.529. The molecule has 0 bridgehead atoms. The molecule has 0 aromatic carbocycles. The standard InChI is InChI=1S/C19H32N2O/c1-18-9-7-13(22)11-12(18)3-4-14-15-5-6-17(21-20)19(15,2)10-8-16(14)18/h12-16,22H,3-11,20H2,1-2H3/t12-,13?,14?,15?,16?,18-,19-/m0/s1. The van der Waals surface area contributed by atoms with Crippen molar-refractivity contribution >= 4 is 5.71 Å². The Labute approximate surface area is 134 Å². The molecule has 0 radical (unpaired) electrons. The van der Waals surface area contributed by atoms with Crippen LogP contribution in [0.2, 0.25) is 0 Å². The zero-order valence-electron chi connectivity index (χ0n) is 14.2. The molecular weight excluding hydrogens is 272 g/mol. The van der Waals surface area contributed by atoms with E-state index >= 15 is 0 Å². The van der Waals surface area contributed by atoms with Crippen LogP contribution < -0.4 is 5.84 Å². The first-order chi connectivity index (χ1) is 10.5. The first-order valence-corrected chi connectivity index (χ1v) is 9.44. The van der Waals surface area contributed by atoms with Crippen molar-refractivity contribution in [3.05, 3.63) is 0 Å². The van der Waals surface area contributed by atoms with Gasteiger partial charge < -0.3 is 10.9 Å². The Hall–Kier alpha value is -0.570. The lowest BCUT2D eigenvalue weighted by atomic mass is 9.45. The third kappa shape index (κ3) is 1.87. The predicted octanol–water partition coefficient (Wildman–Crippen LogP) is 3.70. The number of aliphatic hydroxyl groups excluding tert-OH is 1. The van der Waals surface area contributed by atoms with Crippen LogP contribution in [0.5, 0.6) is 0 Å². The van der Waals surface area contributed by atoms with Gasteiger partial charge in [-0.1, -0.05) is 13.8 Å². The molecule has 0 saturated heterocycles. The molecule has 0 spiro atoms. The molecule has 4 aliphatic carbocycles. The lowest BCUT2D eigenvalue weighted by Crippen LogP contribution is -2.54. The lowest BCUT2D eigenvalue weighted by molar-refractivity contribution is -0.113. The summed E-state index contributed by atoms with van der Waals surface area (Å²) in [7, 11) is 0. The average molecular weight is 304 g/mol. The Morgan fingerprint density at radius 3 is 2.64 bits per heavy atom. The molecular formula is C19H32N2O.